The first-order valence-corrected chi connectivity index (χ1v) is 7.48. The minimum Gasteiger partial charge on any atom is -0.493 e. The number of benzene rings is 1. The van der Waals surface area contributed by atoms with E-state index in [1.54, 1.807) is 21.3 Å². The topological polar surface area (TPSA) is 40.2 Å². The van der Waals surface area contributed by atoms with Gasteiger partial charge in [-0.05, 0) is 36.7 Å². The van der Waals surface area contributed by atoms with E-state index in [4.69, 9.17) is 18.9 Å². The first-order chi connectivity index (χ1) is 10.7. The van der Waals surface area contributed by atoms with E-state index in [-0.39, 0.29) is 0 Å². The third-order valence-electron chi connectivity index (χ3n) is 4.58. The molecule has 5 nitrogen and oxygen atoms in total. The summed E-state index contributed by atoms with van der Waals surface area (Å²) in [4.78, 5) is 2.39. The Morgan fingerprint density at radius 3 is 2.27 bits per heavy atom. The summed E-state index contributed by atoms with van der Waals surface area (Å²) < 4.78 is 22.0. The van der Waals surface area contributed by atoms with Crippen molar-refractivity contribution in [1.29, 1.82) is 0 Å². The lowest BCUT2D eigenvalue weighted by molar-refractivity contribution is -0.0221. The van der Waals surface area contributed by atoms with Gasteiger partial charge in [-0.25, -0.2) is 0 Å². The molecule has 0 aromatic heterocycles. The molecule has 0 radical (unpaired) electrons. The predicted molar refractivity (Wildman–Crippen MR) is 84.9 cm³/mol. The van der Waals surface area contributed by atoms with Crippen molar-refractivity contribution in [3.8, 4) is 17.2 Å². The standard InChI is InChI=1S/C17H23NO4/c1-18-13-5-11(6-14(18)10-22-9-13)12-7-15(19-2)17(21-4)16(8-12)20-3/h5,7-8,13-14H,6,9-10H2,1-4H3. The van der Waals surface area contributed by atoms with Gasteiger partial charge in [-0.1, -0.05) is 6.08 Å². The van der Waals surface area contributed by atoms with Gasteiger partial charge in [0, 0.05) is 6.04 Å². The van der Waals surface area contributed by atoms with Crippen molar-refractivity contribution in [2.45, 2.75) is 18.5 Å². The van der Waals surface area contributed by atoms with Crippen LogP contribution in [-0.2, 0) is 4.74 Å². The normalized spacial score (nSPS) is 24.6. The summed E-state index contributed by atoms with van der Waals surface area (Å²) in [5, 5.41) is 0. The molecule has 1 saturated heterocycles. The number of likely N-dealkylation sites (N-methyl/N-ethyl adjacent to an activating group) is 1. The monoisotopic (exact) mass is 305 g/mol. The number of morpholine rings is 1. The van der Waals surface area contributed by atoms with Crippen LogP contribution in [0.2, 0.25) is 0 Å². The van der Waals surface area contributed by atoms with E-state index >= 15 is 0 Å². The lowest BCUT2D eigenvalue weighted by Crippen LogP contribution is -2.51. The predicted octanol–water partition coefficient (Wildman–Crippen LogP) is 2.20. The fourth-order valence-electron chi connectivity index (χ4n) is 3.23. The molecule has 0 amide bonds. The largest absolute Gasteiger partial charge is 0.493 e. The van der Waals surface area contributed by atoms with Crippen molar-refractivity contribution in [3.05, 3.63) is 23.8 Å². The van der Waals surface area contributed by atoms with Crippen molar-refractivity contribution >= 4 is 5.57 Å². The van der Waals surface area contributed by atoms with Gasteiger partial charge in [-0.15, -0.1) is 0 Å². The number of methoxy groups -OCH3 is 3. The Balaban J connectivity index is 2.01. The van der Waals surface area contributed by atoms with Crippen molar-refractivity contribution in [1.82, 2.24) is 4.90 Å². The molecule has 2 aliphatic rings. The molecule has 2 heterocycles. The van der Waals surface area contributed by atoms with Gasteiger partial charge in [0.15, 0.2) is 11.5 Å². The van der Waals surface area contributed by atoms with Crippen LogP contribution in [0.15, 0.2) is 18.2 Å². The summed E-state index contributed by atoms with van der Waals surface area (Å²) in [5.41, 5.74) is 2.44. The van der Waals surface area contributed by atoms with Crippen LogP contribution in [0.1, 0.15) is 12.0 Å². The van der Waals surface area contributed by atoms with E-state index in [1.165, 1.54) is 5.57 Å². The third kappa shape index (κ3) is 2.55. The highest BCUT2D eigenvalue weighted by Crippen LogP contribution is 2.42. The molecule has 2 unspecified atom stereocenters. The van der Waals surface area contributed by atoms with Gasteiger partial charge in [0.05, 0.1) is 40.6 Å². The van der Waals surface area contributed by atoms with Gasteiger partial charge in [0.1, 0.15) is 0 Å². The zero-order valence-corrected chi connectivity index (χ0v) is 13.6. The quantitative estimate of drug-likeness (QED) is 0.853. The SMILES string of the molecule is COc1cc(C2=CC3COCC(C2)N3C)cc(OC)c1OC. The Morgan fingerprint density at radius 2 is 1.73 bits per heavy atom. The number of hydrogen-bond acceptors (Lipinski definition) is 5. The Hall–Kier alpha value is -1.72. The minimum atomic E-state index is 0.335. The molecule has 120 valence electrons. The molecule has 1 aromatic rings. The van der Waals surface area contributed by atoms with E-state index < -0.39 is 0 Å². The van der Waals surface area contributed by atoms with Gasteiger partial charge in [-0.3, -0.25) is 4.90 Å². The molecule has 0 saturated carbocycles. The second-order valence-electron chi connectivity index (χ2n) is 5.73. The highest BCUT2D eigenvalue weighted by atomic mass is 16.5. The number of nitrogens with zero attached hydrogens (tertiary/aromatic N) is 1. The Morgan fingerprint density at radius 1 is 1.05 bits per heavy atom. The van der Waals surface area contributed by atoms with Crippen molar-refractivity contribution in [2.75, 3.05) is 41.6 Å². The summed E-state index contributed by atoms with van der Waals surface area (Å²) in [5.74, 6) is 2.02. The first-order valence-electron chi connectivity index (χ1n) is 7.48. The summed E-state index contributed by atoms with van der Waals surface area (Å²) in [6, 6.07) is 4.81. The van der Waals surface area contributed by atoms with Crippen LogP contribution in [0, 0.1) is 0 Å². The first kappa shape index (κ1) is 15.2. The smallest absolute Gasteiger partial charge is 0.203 e. The highest BCUT2D eigenvalue weighted by Gasteiger charge is 2.32. The molecular weight excluding hydrogens is 282 g/mol. The Labute approximate surface area is 131 Å². The lowest BCUT2D eigenvalue weighted by atomic mass is 9.90. The van der Waals surface area contributed by atoms with E-state index in [9.17, 15) is 0 Å². The average Bonchev–Trinajstić information content (AvgIpc) is 2.53. The molecule has 3 rings (SSSR count). The molecule has 1 aromatic carbocycles. The van der Waals surface area contributed by atoms with Crippen molar-refractivity contribution in [3.63, 3.8) is 0 Å². The van der Waals surface area contributed by atoms with E-state index in [2.05, 4.69) is 18.0 Å². The van der Waals surface area contributed by atoms with Crippen LogP contribution in [0.3, 0.4) is 0 Å². The molecule has 5 heteroatoms. The summed E-state index contributed by atoms with van der Waals surface area (Å²) in [6.07, 6.45) is 3.25. The maximum atomic E-state index is 5.66. The molecule has 2 atom stereocenters. The van der Waals surface area contributed by atoms with E-state index in [0.717, 1.165) is 25.2 Å². The number of ether oxygens (including phenoxy) is 4. The van der Waals surface area contributed by atoms with Crippen LogP contribution in [0.5, 0.6) is 17.2 Å². The highest BCUT2D eigenvalue weighted by molar-refractivity contribution is 5.72. The molecule has 0 aliphatic carbocycles. The molecular formula is C17H23NO4. The Kier molecular flexibility index (Phi) is 4.27. The number of rotatable bonds is 4. The summed E-state index contributed by atoms with van der Waals surface area (Å²) in [7, 11) is 7.08. The van der Waals surface area contributed by atoms with Gasteiger partial charge < -0.3 is 18.9 Å². The molecule has 22 heavy (non-hydrogen) atoms. The molecule has 0 spiro atoms. The average molecular weight is 305 g/mol. The summed E-state index contributed by atoms with van der Waals surface area (Å²) in [6.45, 7) is 1.54. The van der Waals surface area contributed by atoms with Crippen LogP contribution in [0.4, 0.5) is 0 Å². The number of hydrogen-bond donors (Lipinski definition) is 0. The van der Waals surface area contributed by atoms with Gasteiger partial charge in [0.25, 0.3) is 0 Å². The van der Waals surface area contributed by atoms with Crippen LogP contribution >= 0.6 is 0 Å². The second kappa shape index (κ2) is 6.18. The van der Waals surface area contributed by atoms with Gasteiger partial charge in [-0.2, -0.15) is 0 Å². The molecule has 2 bridgehead atoms. The van der Waals surface area contributed by atoms with Crippen LogP contribution in [-0.4, -0.2) is 58.6 Å². The van der Waals surface area contributed by atoms with Crippen molar-refractivity contribution in [2.24, 2.45) is 0 Å². The van der Waals surface area contributed by atoms with E-state index in [1.807, 2.05) is 12.1 Å². The number of fused-ring (bicyclic) bond motifs is 2. The lowest BCUT2D eigenvalue weighted by Gasteiger charge is -2.42. The van der Waals surface area contributed by atoms with Crippen LogP contribution in [0.25, 0.3) is 5.57 Å². The van der Waals surface area contributed by atoms with E-state index in [0.29, 0.717) is 29.3 Å². The zero-order chi connectivity index (χ0) is 15.7. The minimum absolute atomic E-state index is 0.335. The summed E-state index contributed by atoms with van der Waals surface area (Å²) >= 11 is 0. The maximum absolute atomic E-state index is 5.66. The fourth-order valence-corrected chi connectivity index (χ4v) is 3.23. The molecule has 0 N–H and O–H groups in total. The van der Waals surface area contributed by atoms with Gasteiger partial charge >= 0.3 is 0 Å². The van der Waals surface area contributed by atoms with Crippen LogP contribution < -0.4 is 14.2 Å². The fraction of sp³-hybridized carbons (Fsp3) is 0.529. The third-order valence-corrected chi connectivity index (χ3v) is 4.58. The maximum Gasteiger partial charge on any atom is 0.203 e. The zero-order valence-electron chi connectivity index (χ0n) is 13.6. The van der Waals surface area contributed by atoms with Crippen molar-refractivity contribution < 1.29 is 18.9 Å². The van der Waals surface area contributed by atoms with Gasteiger partial charge in [0.2, 0.25) is 5.75 Å². The Bertz CT molecular complexity index is 559. The second-order valence-corrected chi connectivity index (χ2v) is 5.73. The molecule has 2 aliphatic heterocycles. The molecule has 1 fully saturated rings.